The van der Waals surface area contributed by atoms with Crippen LogP contribution in [0.4, 0.5) is 4.39 Å². The Balaban J connectivity index is 3.20. The van der Waals surface area contributed by atoms with Crippen molar-refractivity contribution in [3.63, 3.8) is 0 Å². The Bertz CT molecular complexity index is 436. The molecule has 6 heteroatoms. The maximum Gasteiger partial charge on any atom is 0.323 e. The molecule has 0 aliphatic carbocycles. The molecule has 2 unspecified atom stereocenters. The summed E-state index contributed by atoms with van der Waals surface area (Å²) in [7, 11) is 1.34. The van der Waals surface area contributed by atoms with Gasteiger partial charge in [0, 0.05) is 5.56 Å². The number of rotatable bonds is 4. The summed E-state index contributed by atoms with van der Waals surface area (Å²) >= 11 is 0. The third-order valence-corrected chi connectivity index (χ3v) is 2.45. The molecule has 1 aromatic rings. The van der Waals surface area contributed by atoms with Crippen LogP contribution in [0.1, 0.15) is 17.2 Å². The van der Waals surface area contributed by atoms with Crippen molar-refractivity contribution in [2.45, 2.75) is 19.1 Å². The summed E-state index contributed by atoms with van der Waals surface area (Å²) in [6.07, 6.45) is -1.53. The van der Waals surface area contributed by atoms with Gasteiger partial charge in [0.05, 0.1) is 7.11 Å². The Kier molecular flexibility index (Phi) is 4.03. The molecule has 4 N–H and O–H groups in total. The van der Waals surface area contributed by atoms with E-state index in [9.17, 15) is 14.3 Å². The second-order valence-electron chi connectivity index (χ2n) is 3.65. The molecule has 0 amide bonds. The van der Waals surface area contributed by atoms with E-state index in [2.05, 4.69) is 0 Å². The highest BCUT2D eigenvalue weighted by molar-refractivity contribution is 5.74. The van der Waals surface area contributed by atoms with Crippen LogP contribution in [0.2, 0.25) is 0 Å². The number of carboxylic acids is 1. The van der Waals surface area contributed by atoms with E-state index >= 15 is 0 Å². The maximum absolute atomic E-state index is 13.4. The first-order valence-corrected chi connectivity index (χ1v) is 4.89. The van der Waals surface area contributed by atoms with E-state index in [1.54, 1.807) is 0 Å². The number of carboxylic acid groups (broad SMARTS) is 1. The molecule has 5 nitrogen and oxygen atoms in total. The smallest absolute Gasteiger partial charge is 0.323 e. The fourth-order valence-corrected chi connectivity index (χ4v) is 1.41. The molecule has 0 spiro atoms. The van der Waals surface area contributed by atoms with Gasteiger partial charge in [-0.05, 0) is 24.6 Å². The van der Waals surface area contributed by atoms with Gasteiger partial charge in [0.2, 0.25) is 0 Å². The van der Waals surface area contributed by atoms with Crippen LogP contribution in [-0.4, -0.2) is 29.3 Å². The molecule has 0 saturated carbocycles. The number of aliphatic hydroxyl groups excluding tert-OH is 1. The summed E-state index contributed by atoms with van der Waals surface area (Å²) in [5.41, 5.74) is 5.63. The van der Waals surface area contributed by atoms with Crippen LogP contribution in [0.15, 0.2) is 12.1 Å². The first kappa shape index (κ1) is 13.4. The molecular formula is C11H14FNO4. The summed E-state index contributed by atoms with van der Waals surface area (Å²) in [6.45, 7) is 1.53. The van der Waals surface area contributed by atoms with Gasteiger partial charge in [-0.15, -0.1) is 0 Å². The zero-order valence-corrected chi connectivity index (χ0v) is 9.48. The maximum atomic E-state index is 13.4. The molecule has 0 saturated heterocycles. The Morgan fingerprint density at radius 1 is 1.53 bits per heavy atom. The Labute approximate surface area is 97.6 Å². The second-order valence-corrected chi connectivity index (χ2v) is 3.65. The van der Waals surface area contributed by atoms with Crippen molar-refractivity contribution in [1.29, 1.82) is 0 Å². The van der Waals surface area contributed by atoms with Gasteiger partial charge >= 0.3 is 5.97 Å². The van der Waals surface area contributed by atoms with Crippen LogP contribution < -0.4 is 10.5 Å². The highest BCUT2D eigenvalue weighted by Crippen LogP contribution is 2.29. The minimum absolute atomic E-state index is 0.0190. The molecule has 94 valence electrons. The number of carbonyl (C=O) groups is 1. The number of aryl methyl sites for hydroxylation is 1. The van der Waals surface area contributed by atoms with Crippen molar-refractivity contribution in [3.05, 3.63) is 29.1 Å². The van der Waals surface area contributed by atoms with Crippen LogP contribution in [0.25, 0.3) is 0 Å². The highest BCUT2D eigenvalue weighted by atomic mass is 19.1. The van der Waals surface area contributed by atoms with Crippen molar-refractivity contribution >= 4 is 5.97 Å². The summed E-state index contributed by atoms with van der Waals surface area (Å²) in [4.78, 5) is 10.6. The number of hydrogen-bond donors (Lipinski definition) is 3. The monoisotopic (exact) mass is 243 g/mol. The van der Waals surface area contributed by atoms with E-state index in [-0.39, 0.29) is 11.3 Å². The van der Waals surface area contributed by atoms with Gasteiger partial charge in [-0.1, -0.05) is 0 Å². The molecule has 2 atom stereocenters. The lowest BCUT2D eigenvalue weighted by Crippen LogP contribution is -2.36. The summed E-state index contributed by atoms with van der Waals surface area (Å²) in [5.74, 6) is -1.73. The van der Waals surface area contributed by atoms with E-state index < -0.39 is 23.9 Å². The molecule has 0 aromatic heterocycles. The van der Waals surface area contributed by atoms with E-state index in [4.69, 9.17) is 15.6 Å². The lowest BCUT2D eigenvalue weighted by molar-refractivity contribution is -0.141. The van der Waals surface area contributed by atoms with Gasteiger partial charge in [-0.3, -0.25) is 4.79 Å². The number of aliphatic carboxylic acids is 1. The number of ether oxygens (including phenoxy) is 1. The molecule has 1 aromatic carbocycles. The SMILES string of the molecule is COc1cc(C)c(F)cc1C(O)C(N)C(=O)O. The van der Waals surface area contributed by atoms with Crippen LogP contribution in [0.5, 0.6) is 5.75 Å². The van der Waals surface area contributed by atoms with Crippen molar-refractivity contribution in [1.82, 2.24) is 0 Å². The molecule has 17 heavy (non-hydrogen) atoms. The van der Waals surface area contributed by atoms with Crippen LogP contribution >= 0.6 is 0 Å². The first-order valence-electron chi connectivity index (χ1n) is 4.89. The quantitative estimate of drug-likeness (QED) is 0.719. The van der Waals surface area contributed by atoms with Crippen molar-refractivity contribution in [3.8, 4) is 5.75 Å². The zero-order valence-electron chi connectivity index (χ0n) is 9.48. The number of hydrogen-bond acceptors (Lipinski definition) is 4. The number of nitrogens with two attached hydrogens (primary N) is 1. The van der Waals surface area contributed by atoms with E-state index in [1.165, 1.54) is 20.1 Å². The molecule has 0 heterocycles. The number of aliphatic hydroxyl groups is 1. The average Bonchev–Trinajstić information content (AvgIpc) is 2.29. The predicted octanol–water partition coefficient (Wildman–Crippen LogP) is 0.588. The molecular weight excluding hydrogens is 229 g/mol. The van der Waals surface area contributed by atoms with Gasteiger partial charge in [0.1, 0.15) is 23.7 Å². The minimum Gasteiger partial charge on any atom is -0.496 e. The highest BCUT2D eigenvalue weighted by Gasteiger charge is 2.27. The molecule has 0 radical (unpaired) electrons. The van der Waals surface area contributed by atoms with Crippen molar-refractivity contribution < 1.29 is 24.1 Å². The molecule has 0 fully saturated rings. The largest absolute Gasteiger partial charge is 0.496 e. The zero-order chi connectivity index (χ0) is 13.2. The Morgan fingerprint density at radius 2 is 2.12 bits per heavy atom. The number of halogens is 1. The molecule has 0 aliphatic heterocycles. The fraction of sp³-hybridized carbons (Fsp3) is 0.364. The fourth-order valence-electron chi connectivity index (χ4n) is 1.41. The molecule has 0 bridgehead atoms. The van der Waals surface area contributed by atoms with E-state index in [0.29, 0.717) is 5.56 Å². The Morgan fingerprint density at radius 3 is 2.59 bits per heavy atom. The van der Waals surface area contributed by atoms with Crippen LogP contribution in [0, 0.1) is 12.7 Å². The van der Waals surface area contributed by atoms with E-state index in [0.717, 1.165) is 6.07 Å². The molecule has 1 rings (SSSR count). The Hall–Kier alpha value is -1.66. The second kappa shape index (κ2) is 5.11. The summed E-state index contributed by atoms with van der Waals surface area (Å²) in [6, 6.07) is 0.871. The van der Waals surface area contributed by atoms with Crippen molar-refractivity contribution in [2.75, 3.05) is 7.11 Å². The van der Waals surface area contributed by atoms with E-state index in [1.807, 2.05) is 0 Å². The topological polar surface area (TPSA) is 92.8 Å². The van der Waals surface area contributed by atoms with Gasteiger partial charge in [0.25, 0.3) is 0 Å². The summed E-state index contributed by atoms with van der Waals surface area (Å²) < 4.78 is 18.3. The number of methoxy groups -OCH3 is 1. The van der Waals surface area contributed by atoms with Gasteiger partial charge in [0.15, 0.2) is 0 Å². The number of benzene rings is 1. The minimum atomic E-state index is -1.54. The lowest BCUT2D eigenvalue weighted by Gasteiger charge is -2.18. The average molecular weight is 243 g/mol. The summed E-state index contributed by atoms with van der Waals surface area (Å²) in [5, 5.41) is 18.4. The first-order chi connectivity index (χ1) is 7.88. The normalized spacial score (nSPS) is 14.2. The lowest BCUT2D eigenvalue weighted by atomic mass is 10.00. The standard InChI is InChI=1S/C11H14FNO4/c1-5-3-8(17-2)6(4-7(5)12)10(14)9(13)11(15)16/h3-4,9-10,14H,13H2,1-2H3,(H,15,16). The third kappa shape index (κ3) is 2.72. The van der Waals surface area contributed by atoms with Gasteiger partial charge < -0.3 is 20.7 Å². The van der Waals surface area contributed by atoms with Crippen LogP contribution in [0.3, 0.4) is 0 Å². The predicted molar refractivity (Wildman–Crippen MR) is 58.3 cm³/mol. The van der Waals surface area contributed by atoms with Gasteiger partial charge in [-0.2, -0.15) is 0 Å². The van der Waals surface area contributed by atoms with Gasteiger partial charge in [-0.25, -0.2) is 4.39 Å². The van der Waals surface area contributed by atoms with Crippen LogP contribution in [-0.2, 0) is 4.79 Å². The molecule has 0 aliphatic rings. The van der Waals surface area contributed by atoms with Crippen molar-refractivity contribution in [2.24, 2.45) is 5.73 Å². The third-order valence-electron chi connectivity index (χ3n) is 2.45.